The number of nitrogens with one attached hydrogen (secondary N) is 1. The first-order valence-corrected chi connectivity index (χ1v) is 5.90. The SMILES string of the molecule is CCOC(=O)c1cccnc1N1CCNCC1.Cl.Cl. The lowest BCUT2D eigenvalue weighted by Gasteiger charge is -2.29. The zero-order chi connectivity index (χ0) is 12.1. The molecule has 0 unspecified atom stereocenters. The summed E-state index contributed by atoms with van der Waals surface area (Å²) in [5.41, 5.74) is 0.552. The number of carbonyl (C=O) groups excluding carboxylic acids is 1. The minimum Gasteiger partial charge on any atom is -0.462 e. The maximum Gasteiger partial charge on any atom is 0.341 e. The summed E-state index contributed by atoms with van der Waals surface area (Å²) in [5, 5.41) is 3.27. The third-order valence-electron chi connectivity index (χ3n) is 2.70. The molecule has 0 bridgehead atoms. The first-order chi connectivity index (χ1) is 8.33. The number of nitrogens with zero attached hydrogens (tertiary/aromatic N) is 2. The Bertz CT molecular complexity index is 398. The second kappa shape index (κ2) is 8.96. The Hall–Kier alpha value is -1.04. The topological polar surface area (TPSA) is 54.5 Å². The van der Waals surface area contributed by atoms with Crippen LogP contribution in [0.4, 0.5) is 5.82 Å². The monoisotopic (exact) mass is 307 g/mol. The first-order valence-electron chi connectivity index (χ1n) is 5.90. The number of piperazine rings is 1. The van der Waals surface area contributed by atoms with Crippen molar-refractivity contribution in [3.05, 3.63) is 23.9 Å². The molecule has 5 nitrogen and oxygen atoms in total. The lowest BCUT2D eigenvalue weighted by atomic mass is 10.2. The zero-order valence-electron chi connectivity index (χ0n) is 10.8. The zero-order valence-corrected chi connectivity index (χ0v) is 12.4. The highest BCUT2D eigenvalue weighted by Gasteiger charge is 2.19. The fraction of sp³-hybridized carbons (Fsp3) is 0.500. The van der Waals surface area contributed by atoms with Gasteiger partial charge in [0.15, 0.2) is 0 Å². The predicted molar refractivity (Wildman–Crippen MR) is 79.8 cm³/mol. The lowest BCUT2D eigenvalue weighted by molar-refractivity contribution is 0.0526. The smallest absolute Gasteiger partial charge is 0.341 e. The minimum atomic E-state index is -0.297. The van der Waals surface area contributed by atoms with Crippen molar-refractivity contribution >= 4 is 36.6 Å². The minimum absolute atomic E-state index is 0. The lowest BCUT2D eigenvalue weighted by Crippen LogP contribution is -2.44. The summed E-state index contributed by atoms with van der Waals surface area (Å²) < 4.78 is 5.04. The predicted octanol–water partition coefficient (Wildman–Crippen LogP) is 1.51. The van der Waals surface area contributed by atoms with Gasteiger partial charge in [0.05, 0.1) is 6.61 Å². The summed E-state index contributed by atoms with van der Waals surface area (Å²) in [4.78, 5) is 18.2. The van der Waals surface area contributed by atoms with Crippen molar-refractivity contribution in [3.63, 3.8) is 0 Å². The molecule has 0 aliphatic carbocycles. The van der Waals surface area contributed by atoms with E-state index in [0.717, 1.165) is 32.0 Å². The van der Waals surface area contributed by atoms with Gasteiger partial charge >= 0.3 is 5.97 Å². The number of anilines is 1. The van der Waals surface area contributed by atoms with Crippen molar-refractivity contribution in [2.24, 2.45) is 0 Å². The van der Waals surface area contributed by atoms with Crippen LogP contribution in [-0.2, 0) is 4.74 Å². The van der Waals surface area contributed by atoms with Crippen LogP contribution < -0.4 is 10.2 Å². The molecule has 0 spiro atoms. The Balaban J connectivity index is 0.00000162. The van der Waals surface area contributed by atoms with Crippen LogP contribution in [0.15, 0.2) is 18.3 Å². The van der Waals surface area contributed by atoms with Crippen LogP contribution in [0, 0.1) is 0 Å². The number of hydrogen-bond acceptors (Lipinski definition) is 5. The van der Waals surface area contributed by atoms with Crippen molar-refractivity contribution in [1.82, 2.24) is 10.3 Å². The van der Waals surface area contributed by atoms with Gasteiger partial charge in [-0.15, -0.1) is 24.8 Å². The van der Waals surface area contributed by atoms with Crippen LogP contribution in [0.5, 0.6) is 0 Å². The molecule has 1 aromatic rings. The van der Waals surface area contributed by atoms with Gasteiger partial charge in [-0.2, -0.15) is 0 Å². The molecule has 1 aromatic heterocycles. The van der Waals surface area contributed by atoms with E-state index in [4.69, 9.17) is 4.74 Å². The van der Waals surface area contributed by atoms with E-state index in [-0.39, 0.29) is 30.8 Å². The molecule has 2 rings (SSSR count). The summed E-state index contributed by atoms with van der Waals surface area (Å²) in [6.07, 6.45) is 1.71. The Morgan fingerprint density at radius 2 is 2.11 bits per heavy atom. The first kappa shape index (κ1) is 18.0. The van der Waals surface area contributed by atoms with E-state index in [1.54, 1.807) is 25.3 Å². The molecule has 0 saturated carbocycles. The van der Waals surface area contributed by atoms with E-state index in [2.05, 4.69) is 15.2 Å². The Kier molecular flexibility index (Phi) is 8.47. The number of halogens is 2. The number of hydrogen-bond donors (Lipinski definition) is 1. The van der Waals surface area contributed by atoms with Crippen molar-refractivity contribution in [2.45, 2.75) is 6.92 Å². The van der Waals surface area contributed by atoms with Crippen LogP contribution in [0.2, 0.25) is 0 Å². The largest absolute Gasteiger partial charge is 0.462 e. The van der Waals surface area contributed by atoms with Gasteiger partial charge in [-0.1, -0.05) is 0 Å². The van der Waals surface area contributed by atoms with Crippen molar-refractivity contribution in [2.75, 3.05) is 37.7 Å². The molecule has 0 radical (unpaired) electrons. The van der Waals surface area contributed by atoms with E-state index in [1.165, 1.54) is 0 Å². The van der Waals surface area contributed by atoms with Gasteiger partial charge in [-0.25, -0.2) is 9.78 Å². The highest BCUT2D eigenvalue weighted by Crippen LogP contribution is 2.18. The maximum absolute atomic E-state index is 11.8. The molecule has 1 aliphatic heterocycles. The summed E-state index contributed by atoms with van der Waals surface area (Å²) in [7, 11) is 0. The molecule has 1 N–H and O–H groups in total. The summed E-state index contributed by atoms with van der Waals surface area (Å²) in [6.45, 7) is 5.75. The van der Waals surface area contributed by atoms with E-state index in [9.17, 15) is 4.79 Å². The molecule has 108 valence electrons. The van der Waals surface area contributed by atoms with Gasteiger partial charge in [-0.05, 0) is 19.1 Å². The van der Waals surface area contributed by atoms with E-state index < -0.39 is 0 Å². The molecule has 7 heteroatoms. The molecule has 2 heterocycles. The van der Waals surface area contributed by atoms with Crippen LogP contribution in [0.1, 0.15) is 17.3 Å². The van der Waals surface area contributed by atoms with Gasteiger partial charge < -0.3 is 15.0 Å². The molecule has 0 aromatic carbocycles. The van der Waals surface area contributed by atoms with Crippen molar-refractivity contribution in [3.8, 4) is 0 Å². The Labute approximate surface area is 125 Å². The van der Waals surface area contributed by atoms with Gasteiger partial charge in [0.2, 0.25) is 0 Å². The molecule has 0 amide bonds. The van der Waals surface area contributed by atoms with Crippen LogP contribution in [0.25, 0.3) is 0 Å². The average molecular weight is 308 g/mol. The molecule has 19 heavy (non-hydrogen) atoms. The molecular formula is C12H19Cl2N3O2. The number of aromatic nitrogens is 1. The normalized spacial score (nSPS) is 14.1. The third kappa shape index (κ3) is 4.53. The number of ether oxygens (including phenoxy) is 1. The van der Waals surface area contributed by atoms with Crippen LogP contribution >= 0.6 is 24.8 Å². The van der Waals surface area contributed by atoms with Gasteiger partial charge in [0.25, 0.3) is 0 Å². The maximum atomic E-state index is 11.8. The van der Waals surface area contributed by atoms with Crippen molar-refractivity contribution in [1.29, 1.82) is 0 Å². The van der Waals surface area contributed by atoms with E-state index in [1.807, 2.05) is 0 Å². The molecule has 0 atom stereocenters. The van der Waals surface area contributed by atoms with Crippen molar-refractivity contribution < 1.29 is 9.53 Å². The molecular weight excluding hydrogens is 289 g/mol. The average Bonchev–Trinajstić information content (AvgIpc) is 2.40. The fourth-order valence-electron chi connectivity index (χ4n) is 1.89. The highest BCUT2D eigenvalue weighted by atomic mass is 35.5. The summed E-state index contributed by atoms with van der Waals surface area (Å²) >= 11 is 0. The standard InChI is InChI=1S/C12H17N3O2.2ClH/c1-2-17-12(16)10-4-3-5-14-11(10)15-8-6-13-7-9-15;;/h3-5,13H,2,6-9H2,1H3;2*1H. The Morgan fingerprint density at radius 1 is 1.42 bits per heavy atom. The van der Waals surface area contributed by atoms with E-state index >= 15 is 0 Å². The third-order valence-corrected chi connectivity index (χ3v) is 2.70. The van der Waals surface area contributed by atoms with Gasteiger partial charge in [0.1, 0.15) is 11.4 Å². The number of carbonyl (C=O) groups is 1. The molecule has 1 saturated heterocycles. The molecule has 1 aliphatic rings. The highest BCUT2D eigenvalue weighted by molar-refractivity contribution is 5.94. The summed E-state index contributed by atoms with van der Waals surface area (Å²) in [6, 6.07) is 3.53. The fourth-order valence-corrected chi connectivity index (χ4v) is 1.89. The Morgan fingerprint density at radius 3 is 2.74 bits per heavy atom. The number of esters is 1. The quantitative estimate of drug-likeness (QED) is 0.858. The molecule has 1 fully saturated rings. The second-order valence-corrected chi connectivity index (χ2v) is 3.83. The number of rotatable bonds is 3. The van der Waals surface area contributed by atoms with E-state index in [0.29, 0.717) is 12.2 Å². The van der Waals surface area contributed by atoms with Gasteiger partial charge in [0, 0.05) is 32.4 Å². The van der Waals surface area contributed by atoms with Crippen LogP contribution in [-0.4, -0.2) is 43.7 Å². The number of pyridine rings is 1. The van der Waals surface area contributed by atoms with Crippen LogP contribution in [0.3, 0.4) is 0 Å². The second-order valence-electron chi connectivity index (χ2n) is 3.83. The summed E-state index contributed by atoms with van der Waals surface area (Å²) in [5.74, 6) is 0.432. The van der Waals surface area contributed by atoms with Gasteiger partial charge in [-0.3, -0.25) is 0 Å².